The predicted molar refractivity (Wildman–Crippen MR) is 118 cm³/mol. The minimum atomic E-state index is -0.334. The average molecular weight is 412 g/mol. The average Bonchev–Trinajstić information content (AvgIpc) is 3.08. The normalized spacial score (nSPS) is 17.5. The van der Waals surface area contributed by atoms with Crippen LogP contribution in [0.1, 0.15) is 57.5 Å². The second-order valence-corrected chi connectivity index (χ2v) is 8.92. The van der Waals surface area contributed by atoms with Gasteiger partial charge in [-0.3, -0.25) is 4.90 Å². The van der Waals surface area contributed by atoms with Gasteiger partial charge in [-0.1, -0.05) is 40.7 Å². The van der Waals surface area contributed by atoms with Crippen molar-refractivity contribution in [1.82, 2.24) is 9.97 Å². The van der Waals surface area contributed by atoms with Gasteiger partial charge in [0.2, 0.25) is 0 Å². The van der Waals surface area contributed by atoms with Crippen molar-refractivity contribution in [3.63, 3.8) is 0 Å². The van der Waals surface area contributed by atoms with Crippen molar-refractivity contribution in [3.8, 4) is 5.75 Å². The fraction of sp³-hybridized carbons (Fsp3) is 0.542. The minimum Gasteiger partial charge on any atom is -0.493 e. The van der Waals surface area contributed by atoms with Crippen LogP contribution in [0, 0.1) is 18.8 Å². The van der Waals surface area contributed by atoms with Crippen molar-refractivity contribution < 1.29 is 14.3 Å². The lowest BCUT2D eigenvalue weighted by Gasteiger charge is -2.23. The predicted octanol–water partition coefficient (Wildman–Crippen LogP) is 5.15. The van der Waals surface area contributed by atoms with Crippen LogP contribution in [0.2, 0.25) is 0 Å². The number of anilines is 1. The van der Waals surface area contributed by atoms with Gasteiger partial charge in [-0.15, -0.1) is 0 Å². The molecule has 0 aliphatic carbocycles. The van der Waals surface area contributed by atoms with Crippen LogP contribution in [0.25, 0.3) is 0 Å². The number of rotatable bonds is 8. The smallest absolute Gasteiger partial charge is 0.415 e. The molecule has 0 radical (unpaired) electrons. The molecular formula is C24H33N3O3. The Kier molecular flexibility index (Phi) is 6.95. The van der Waals surface area contributed by atoms with Gasteiger partial charge in [-0.2, -0.15) is 0 Å². The van der Waals surface area contributed by atoms with Gasteiger partial charge < -0.3 is 9.47 Å². The highest BCUT2D eigenvalue weighted by atomic mass is 16.6. The Morgan fingerprint density at radius 2 is 1.97 bits per heavy atom. The van der Waals surface area contributed by atoms with Crippen molar-refractivity contribution in [2.24, 2.45) is 11.8 Å². The molecule has 162 valence electrons. The van der Waals surface area contributed by atoms with Crippen LogP contribution in [-0.4, -0.2) is 35.3 Å². The van der Waals surface area contributed by atoms with Gasteiger partial charge in [-0.25, -0.2) is 14.8 Å². The van der Waals surface area contributed by atoms with Crippen LogP contribution in [0.4, 0.5) is 10.6 Å². The van der Waals surface area contributed by atoms with E-state index in [0.29, 0.717) is 31.4 Å². The lowest BCUT2D eigenvalue weighted by Crippen LogP contribution is -2.37. The summed E-state index contributed by atoms with van der Waals surface area (Å²) in [6, 6.07) is 8.04. The standard InChI is InChI=1S/C24H33N3O3/c1-15(2)13-29-19-7-8-20(17(5)11-19)18(6)12-22-25-10-9-23(26-22)27-21(16(3)4)14-30-24(27)28/h7-11,15-16,18,21H,12-14H2,1-6H3/t18-,21-/m1/s1. The van der Waals surface area contributed by atoms with E-state index in [2.05, 4.69) is 63.6 Å². The molecule has 3 rings (SSSR count). The zero-order valence-corrected chi connectivity index (χ0v) is 18.9. The number of aromatic nitrogens is 2. The molecule has 2 heterocycles. The first kappa shape index (κ1) is 22.1. The highest BCUT2D eigenvalue weighted by Crippen LogP contribution is 2.28. The van der Waals surface area contributed by atoms with Crippen LogP contribution in [0.3, 0.4) is 0 Å². The Balaban J connectivity index is 1.74. The van der Waals surface area contributed by atoms with Gasteiger partial charge in [0.05, 0.1) is 12.6 Å². The number of hydrogen-bond acceptors (Lipinski definition) is 5. The summed E-state index contributed by atoms with van der Waals surface area (Å²) in [5.41, 5.74) is 2.45. The first-order valence-corrected chi connectivity index (χ1v) is 10.8. The maximum Gasteiger partial charge on any atom is 0.415 e. The largest absolute Gasteiger partial charge is 0.493 e. The monoisotopic (exact) mass is 411 g/mol. The first-order chi connectivity index (χ1) is 14.3. The second-order valence-electron chi connectivity index (χ2n) is 8.92. The molecule has 2 atom stereocenters. The second kappa shape index (κ2) is 9.45. The van der Waals surface area contributed by atoms with E-state index in [0.717, 1.165) is 11.6 Å². The van der Waals surface area contributed by atoms with Crippen molar-refractivity contribution in [1.29, 1.82) is 0 Å². The number of amides is 1. The van der Waals surface area contributed by atoms with E-state index in [9.17, 15) is 4.79 Å². The van der Waals surface area contributed by atoms with Crippen LogP contribution in [-0.2, 0) is 11.2 Å². The van der Waals surface area contributed by atoms with E-state index in [-0.39, 0.29) is 24.0 Å². The Labute approximate surface area is 179 Å². The third kappa shape index (κ3) is 5.10. The minimum absolute atomic E-state index is 0.00157. The van der Waals surface area contributed by atoms with Crippen molar-refractivity contribution in [3.05, 3.63) is 47.4 Å². The summed E-state index contributed by atoms with van der Waals surface area (Å²) < 4.78 is 11.1. The molecule has 0 N–H and O–H groups in total. The number of benzene rings is 1. The van der Waals surface area contributed by atoms with E-state index in [1.165, 1.54) is 11.1 Å². The molecule has 1 aliphatic rings. The van der Waals surface area contributed by atoms with Crippen LogP contribution < -0.4 is 9.64 Å². The SMILES string of the molecule is Cc1cc(OCC(C)C)ccc1[C@H](C)Cc1nccc(N2C(=O)OC[C@@H]2C(C)C)n1. The lowest BCUT2D eigenvalue weighted by molar-refractivity contribution is 0.177. The van der Waals surface area contributed by atoms with Crippen molar-refractivity contribution in [2.75, 3.05) is 18.1 Å². The number of aryl methyl sites for hydroxylation is 1. The number of ether oxygens (including phenoxy) is 2. The Morgan fingerprint density at radius 1 is 1.20 bits per heavy atom. The summed E-state index contributed by atoms with van der Waals surface area (Å²) in [5.74, 6) is 3.27. The van der Waals surface area contributed by atoms with Gasteiger partial charge in [-0.05, 0) is 54.0 Å². The summed E-state index contributed by atoms with van der Waals surface area (Å²) in [6.07, 6.45) is 2.08. The van der Waals surface area contributed by atoms with Crippen molar-refractivity contribution in [2.45, 2.75) is 59.9 Å². The zero-order valence-electron chi connectivity index (χ0n) is 18.9. The van der Waals surface area contributed by atoms with Crippen LogP contribution in [0.5, 0.6) is 5.75 Å². The lowest BCUT2D eigenvalue weighted by atomic mass is 9.93. The molecule has 6 heteroatoms. The number of carbonyl (C=O) groups is 1. The molecule has 1 fully saturated rings. The van der Waals surface area contributed by atoms with E-state index in [1.807, 2.05) is 6.07 Å². The van der Waals surface area contributed by atoms with Gasteiger partial charge in [0, 0.05) is 12.6 Å². The topological polar surface area (TPSA) is 64.5 Å². The number of carbonyl (C=O) groups excluding carboxylic acids is 1. The van der Waals surface area contributed by atoms with E-state index in [1.54, 1.807) is 17.2 Å². The van der Waals surface area contributed by atoms with E-state index < -0.39 is 0 Å². The maximum atomic E-state index is 12.2. The molecule has 2 aromatic rings. The summed E-state index contributed by atoms with van der Waals surface area (Å²) in [4.78, 5) is 23.0. The Hall–Kier alpha value is -2.63. The summed E-state index contributed by atoms with van der Waals surface area (Å²) >= 11 is 0. The fourth-order valence-corrected chi connectivity index (χ4v) is 3.75. The zero-order chi connectivity index (χ0) is 21.8. The fourth-order valence-electron chi connectivity index (χ4n) is 3.75. The third-order valence-corrected chi connectivity index (χ3v) is 5.46. The highest BCUT2D eigenvalue weighted by molar-refractivity contribution is 5.89. The molecule has 1 aromatic heterocycles. The summed E-state index contributed by atoms with van der Waals surface area (Å²) in [5, 5.41) is 0. The van der Waals surface area contributed by atoms with Gasteiger partial charge in [0.1, 0.15) is 24.0 Å². The Morgan fingerprint density at radius 3 is 2.63 bits per heavy atom. The molecule has 6 nitrogen and oxygen atoms in total. The van der Waals surface area contributed by atoms with E-state index >= 15 is 0 Å². The molecular weight excluding hydrogens is 378 g/mol. The summed E-state index contributed by atoms with van der Waals surface area (Å²) in [7, 11) is 0. The molecule has 0 bridgehead atoms. The molecule has 0 saturated carbocycles. The molecule has 1 saturated heterocycles. The Bertz CT molecular complexity index is 882. The van der Waals surface area contributed by atoms with Crippen LogP contribution in [0.15, 0.2) is 30.5 Å². The van der Waals surface area contributed by atoms with E-state index in [4.69, 9.17) is 9.47 Å². The molecule has 30 heavy (non-hydrogen) atoms. The molecule has 0 unspecified atom stereocenters. The van der Waals surface area contributed by atoms with Gasteiger partial charge in [0.25, 0.3) is 0 Å². The highest BCUT2D eigenvalue weighted by Gasteiger charge is 2.37. The van der Waals surface area contributed by atoms with Crippen molar-refractivity contribution >= 4 is 11.9 Å². The number of cyclic esters (lactones) is 1. The molecule has 1 aromatic carbocycles. The summed E-state index contributed by atoms with van der Waals surface area (Å²) in [6.45, 7) is 13.8. The van der Waals surface area contributed by atoms with Crippen LogP contribution >= 0.6 is 0 Å². The quantitative estimate of drug-likeness (QED) is 0.601. The molecule has 0 spiro atoms. The maximum absolute atomic E-state index is 12.2. The third-order valence-electron chi connectivity index (χ3n) is 5.46. The first-order valence-electron chi connectivity index (χ1n) is 10.8. The molecule has 1 amide bonds. The molecule has 1 aliphatic heterocycles. The van der Waals surface area contributed by atoms with Gasteiger partial charge in [0.15, 0.2) is 0 Å². The number of nitrogens with zero attached hydrogens (tertiary/aromatic N) is 3. The number of hydrogen-bond donors (Lipinski definition) is 0. The van der Waals surface area contributed by atoms with Gasteiger partial charge >= 0.3 is 6.09 Å².